The van der Waals surface area contributed by atoms with E-state index in [2.05, 4.69) is 45.9 Å². The van der Waals surface area contributed by atoms with Crippen LogP contribution in [0.5, 0.6) is 0 Å². The minimum atomic E-state index is -0.304. The van der Waals surface area contributed by atoms with E-state index in [9.17, 15) is 4.79 Å². The smallest absolute Gasteiger partial charge is 0.308 e. The Morgan fingerprint density at radius 3 is 2.44 bits per heavy atom. The number of hydrogen-bond donors (Lipinski definition) is 2. The molecule has 2 amide bonds. The van der Waals surface area contributed by atoms with Crippen molar-refractivity contribution in [3.05, 3.63) is 94.5 Å². The average molecular weight is 378 g/mol. The van der Waals surface area contributed by atoms with Gasteiger partial charge in [-0.05, 0) is 41.0 Å². The Morgan fingerprint density at radius 1 is 0.889 bits per heavy atom. The van der Waals surface area contributed by atoms with Gasteiger partial charge in [-0.3, -0.25) is 4.90 Å². The van der Waals surface area contributed by atoms with Crippen molar-refractivity contribution in [2.45, 2.75) is 19.6 Å². The molecule has 3 aromatic rings. The molecular weight excluding hydrogens is 358 g/mol. The second-order valence-electron chi connectivity index (χ2n) is 6.67. The predicted octanol–water partition coefficient (Wildman–Crippen LogP) is 5.50. The zero-order valence-electron chi connectivity index (χ0n) is 14.8. The Morgan fingerprint density at radius 2 is 1.63 bits per heavy atom. The maximum atomic E-state index is 12.2. The lowest BCUT2D eigenvalue weighted by Gasteiger charge is -2.14. The van der Waals surface area contributed by atoms with Crippen LogP contribution in [0.2, 0.25) is 5.02 Å². The van der Waals surface area contributed by atoms with E-state index in [-0.39, 0.29) is 6.03 Å². The number of halogens is 1. The van der Waals surface area contributed by atoms with Crippen molar-refractivity contribution in [3.63, 3.8) is 0 Å². The van der Waals surface area contributed by atoms with Crippen LogP contribution in [0.4, 0.5) is 16.2 Å². The van der Waals surface area contributed by atoms with Gasteiger partial charge in [0.15, 0.2) is 0 Å². The van der Waals surface area contributed by atoms with Crippen LogP contribution >= 0.6 is 11.6 Å². The van der Waals surface area contributed by atoms with E-state index in [1.807, 2.05) is 30.3 Å². The van der Waals surface area contributed by atoms with Crippen LogP contribution in [0.3, 0.4) is 0 Å². The first-order chi connectivity index (χ1) is 13.2. The molecule has 0 spiro atoms. The summed E-state index contributed by atoms with van der Waals surface area (Å²) in [7, 11) is 0. The molecule has 1 aliphatic heterocycles. The predicted molar refractivity (Wildman–Crippen MR) is 110 cm³/mol. The number of amides is 2. The van der Waals surface area contributed by atoms with Crippen molar-refractivity contribution in [1.29, 1.82) is 0 Å². The summed E-state index contributed by atoms with van der Waals surface area (Å²) in [5, 5.41) is 6.17. The zero-order valence-corrected chi connectivity index (χ0v) is 15.5. The Labute approximate surface area is 163 Å². The molecule has 0 fully saturated rings. The number of benzene rings is 3. The van der Waals surface area contributed by atoms with Crippen molar-refractivity contribution >= 4 is 29.0 Å². The molecule has 3 aromatic carbocycles. The van der Waals surface area contributed by atoms with Crippen molar-refractivity contribution < 1.29 is 4.79 Å². The summed E-state index contributed by atoms with van der Waals surface area (Å²) in [5.41, 5.74) is 5.24. The molecule has 4 rings (SSSR count). The highest BCUT2D eigenvalue weighted by Crippen LogP contribution is 2.27. The first-order valence-electron chi connectivity index (χ1n) is 8.88. The molecule has 0 saturated carbocycles. The lowest BCUT2D eigenvalue weighted by Crippen LogP contribution is -2.19. The summed E-state index contributed by atoms with van der Waals surface area (Å²) in [4.78, 5) is 14.6. The highest BCUT2D eigenvalue weighted by atomic mass is 35.5. The number of urea groups is 1. The molecule has 0 unspecified atom stereocenters. The van der Waals surface area contributed by atoms with Crippen molar-refractivity contribution in [3.8, 4) is 0 Å². The number of nitrogens with zero attached hydrogens (tertiary/aromatic N) is 1. The largest absolute Gasteiger partial charge is 0.323 e. The molecule has 2 N–H and O–H groups in total. The normalized spacial score (nSPS) is 13.2. The second kappa shape index (κ2) is 7.82. The number of carbonyl (C=O) groups excluding carboxylic acids is 1. The fourth-order valence-electron chi connectivity index (χ4n) is 3.34. The maximum absolute atomic E-state index is 12.2. The van der Waals surface area contributed by atoms with Crippen LogP contribution in [0.25, 0.3) is 0 Å². The molecule has 1 aliphatic rings. The van der Waals surface area contributed by atoms with E-state index in [4.69, 9.17) is 11.6 Å². The zero-order chi connectivity index (χ0) is 18.6. The fourth-order valence-corrected chi connectivity index (χ4v) is 3.53. The number of anilines is 2. The third-order valence-corrected chi connectivity index (χ3v) is 4.95. The standard InChI is InChI=1S/C22H20ClN3O/c23-20-8-4-5-9-21(20)25-22(27)24-19-11-10-17-14-26(15-18(17)12-19)13-16-6-2-1-3-7-16/h1-12H,13-15H2,(H2,24,25,27). The minimum absolute atomic E-state index is 0.304. The molecular formula is C22H20ClN3O. The van der Waals surface area contributed by atoms with Gasteiger partial charge in [-0.25, -0.2) is 4.79 Å². The summed E-state index contributed by atoms with van der Waals surface area (Å²) in [6, 6.07) is 23.4. The maximum Gasteiger partial charge on any atom is 0.323 e. The van der Waals surface area contributed by atoms with Gasteiger partial charge in [-0.1, -0.05) is 60.1 Å². The molecule has 0 aromatic heterocycles. The number of hydrogen-bond acceptors (Lipinski definition) is 2. The van der Waals surface area contributed by atoms with Gasteiger partial charge in [0, 0.05) is 25.3 Å². The first kappa shape index (κ1) is 17.6. The number of para-hydroxylation sites is 1. The lowest BCUT2D eigenvalue weighted by molar-refractivity contribution is 0.262. The summed E-state index contributed by atoms with van der Waals surface area (Å²) in [5.74, 6) is 0. The number of nitrogens with one attached hydrogen (secondary N) is 2. The van der Waals surface area contributed by atoms with E-state index in [1.165, 1.54) is 16.7 Å². The van der Waals surface area contributed by atoms with E-state index >= 15 is 0 Å². The van der Waals surface area contributed by atoms with Gasteiger partial charge < -0.3 is 10.6 Å². The van der Waals surface area contributed by atoms with E-state index in [1.54, 1.807) is 12.1 Å². The third kappa shape index (κ3) is 4.30. The van der Waals surface area contributed by atoms with E-state index < -0.39 is 0 Å². The molecule has 0 bridgehead atoms. The summed E-state index contributed by atoms with van der Waals surface area (Å²) < 4.78 is 0. The lowest BCUT2D eigenvalue weighted by atomic mass is 10.1. The van der Waals surface area contributed by atoms with Crippen LogP contribution in [0.1, 0.15) is 16.7 Å². The van der Waals surface area contributed by atoms with Gasteiger partial charge in [0.05, 0.1) is 10.7 Å². The minimum Gasteiger partial charge on any atom is -0.308 e. The van der Waals surface area contributed by atoms with Crippen LogP contribution in [0.15, 0.2) is 72.8 Å². The summed E-state index contributed by atoms with van der Waals surface area (Å²) in [6.07, 6.45) is 0. The Kier molecular flexibility index (Phi) is 5.10. The van der Waals surface area contributed by atoms with Gasteiger partial charge in [0.1, 0.15) is 0 Å². The monoisotopic (exact) mass is 377 g/mol. The Balaban J connectivity index is 1.39. The fraction of sp³-hybridized carbons (Fsp3) is 0.136. The third-order valence-electron chi connectivity index (χ3n) is 4.62. The van der Waals surface area contributed by atoms with Crippen molar-refractivity contribution in [1.82, 2.24) is 4.90 Å². The highest BCUT2D eigenvalue weighted by molar-refractivity contribution is 6.33. The number of fused-ring (bicyclic) bond motifs is 1. The van der Waals surface area contributed by atoms with Gasteiger partial charge >= 0.3 is 6.03 Å². The Hall–Kier alpha value is -2.82. The van der Waals surface area contributed by atoms with Crippen LogP contribution in [-0.4, -0.2) is 10.9 Å². The van der Waals surface area contributed by atoms with Gasteiger partial charge in [0.25, 0.3) is 0 Å². The molecule has 0 saturated heterocycles. The van der Waals surface area contributed by atoms with E-state index in [0.29, 0.717) is 10.7 Å². The summed E-state index contributed by atoms with van der Waals surface area (Å²) >= 11 is 6.08. The SMILES string of the molecule is O=C(Nc1ccc2c(c1)CN(Cc1ccccc1)C2)Nc1ccccc1Cl. The first-order valence-corrected chi connectivity index (χ1v) is 9.26. The number of rotatable bonds is 4. The second-order valence-corrected chi connectivity index (χ2v) is 7.08. The number of carbonyl (C=O) groups is 1. The van der Waals surface area contributed by atoms with Gasteiger partial charge in [0.2, 0.25) is 0 Å². The molecule has 0 aliphatic carbocycles. The van der Waals surface area contributed by atoms with Gasteiger partial charge in [-0.15, -0.1) is 0 Å². The molecule has 0 radical (unpaired) electrons. The average Bonchev–Trinajstić information content (AvgIpc) is 3.06. The van der Waals surface area contributed by atoms with Gasteiger partial charge in [-0.2, -0.15) is 0 Å². The molecule has 27 heavy (non-hydrogen) atoms. The molecule has 4 nitrogen and oxygen atoms in total. The molecule has 0 atom stereocenters. The van der Waals surface area contributed by atoms with Crippen LogP contribution < -0.4 is 10.6 Å². The topological polar surface area (TPSA) is 44.4 Å². The van der Waals surface area contributed by atoms with Crippen LogP contribution in [-0.2, 0) is 19.6 Å². The molecule has 5 heteroatoms. The summed E-state index contributed by atoms with van der Waals surface area (Å²) in [6.45, 7) is 2.73. The molecule has 136 valence electrons. The molecule has 1 heterocycles. The quantitative estimate of drug-likeness (QED) is 0.630. The van der Waals surface area contributed by atoms with Crippen LogP contribution in [0, 0.1) is 0 Å². The van der Waals surface area contributed by atoms with E-state index in [0.717, 1.165) is 25.3 Å². The van der Waals surface area contributed by atoms with Crippen molar-refractivity contribution in [2.75, 3.05) is 10.6 Å². The highest BCUT2D eigenvalue weighted by Gasteiger charge is 2.19. The Bertz CT molecular complexity index is 959. The van der Waals surface area contributed by atoms with Crippen molar-refractivity contribution in [2.24, 2.45) is 0 Å².